The van der Waals surface area contributed by atoms with Crippen LogP contribution >= 0.6 is 7.82 Å². The van der Waals surface area contributed by atoms with Gasteiger partial charge in [0, 0.05) is 12.8 Å². The van der Waals surface area contributed by atoms with Gasteiger partial charge < -0.3 is 32.7 Å². The number of phosphoric acid groups is 1. The SMILES string of the molecule is [CH2-]CCCC(=O)O[C@H](COC(=O)CC[CH2-])COP(=O)(O)OCC[N+](C)(C)C. The molecule has 1 N–H and O–H groups in total. The quantitative estimate of drug-likeness (QED) is 0.189. The van der Waals surface area contributed by atoms with Crippen molar-refractivity contribution in [3.05, 3.63) is 13.8 Å². The van der Waals surface area contributed by atoms with E-state index in [0.29, 0.717) is 30.3 Å². The van der Waals surface area contributed by atoms with Gasteiger partial charge in [-0.25, -0.2) is 4.57 Å². The van der Waals surface area contributed by atoms with Gasteiger partial charge in [0.2, 0.25) is 0 Å². The minimum absolute atomic E-state index is 0.0176. The Hall–Kier alpha value is -0.990. The average Bonchev–Trinajstić information content (AvgIpc) is 2.54. The molecule has 0 fully saturated rings. The van der Waals surface area contributed by atoms with Crippen LogP contribution in [0.2, 0.25) is 0 Å². The molecule has 0 aliphatic rings. The smallest absolute Gasteiger partial charge is 0.462 e. The van der Waals surface area contributed by atoms with Crippen LogP contribution in [0.25, 0.3) is 0 Å². The minimum atomic E-state index is -4.32. The topological polar surface area (TPSA) is 108 Å². The van der Waals surface area contributed by atoms with E-state index in [0.717, 1.165) is 0 Å². The first-order valence-corrected chi connectivity index (χ1v) is 10.3. The molecule has 0 aromatic rings. The highest BCUT2D eigenvalue weighted by Crippen LogP contribution is 2.43. The summed E-state index contributed by atoms with van der Waals surface area (Å²) in [4.78, 5) is 33.0. The molecule has 2 atom stereocenters. The van der Waals surface area contributed by atoms with Crippen LogP contribution in [0.15, 0.2) is 0 Å². The minimum Gasteiger partial charge on any atom is -0.462 e. The molecule has 27 heavy (non-hydrogen) atoms. The highest BCUT2D eigenvalue weighted by molar-refractivity contribution is 7.47. The maximum absolute atomic E-state index is 11.9. The van der Waals surface area contributed by atoms with Crippen LogP contribution in [0, 0.1) is 13.8 Å². The summed E-state index contributed by atoms with van der Waals surface area (Å²) >= 11 is 0. The summed E-state index contributed by atoms with van der Waals surface area (Å²) < 4.78 is 32.4. The summed E-state index contributed by atoms with van der Waals surface area (Å²) in [5.74, 6) is -1.03. The van der Waals surface area contributed by atoms with Crippen molar-refractivity contribution in [2.24, 2.45) is 0 Å². The highest BCUT2D eigenvalue weighted by atomic mass is 31.2. The van der Waals surface area contributed by atoms with Crippen LogP contribution in [0.5, 0.6) is 0 Å². The average molecular weight is 410 g/mol. The Kier molecular flexibility index (Phi) is 12.7. The molecule has 1 unspecified atom stereocenters. The molecule has 0 saturated carbocycles. The van der Waals surface area contributed by atoms with E-state index in [4.69, 9.17) is 18.5 Å². The molecule has 0 aliphatic heterocycles. The molecule has 0 rings (SSSR count). The first-order chi connectivity index (χ1) is 12.5. The molecule has 0 saturated heterocycles. The fourth-order valence-electron chi connectivity index (χ4n) is 1.68. The van der Waals surface area contributed by atoms with E-state index in [1.807, 2.05) is 21.1 Å². The second kappa shape index (κ2) is 13.2. The molecule has 0 aliphatic carbocycles. The third-order valence-electron chi connectivity index (χ3n) is 3.18. The van der Waals surface area contributed by atoms with Crippen molar-refractivity contribution in [1.29, 1.82) is 0 Å². The molecular formula is C17H33NO8P-. The Morgan fingerprint density at radius 2 is 1.70 bits per heavy atom. The lowest BCUT2D eigenvalue weighted by Gasteiger charge is -2.24. The van der Waals surface area contributed by atoms with Crippen molar-refractivity contribution in [3.63, 3.8) is 0 Å². The van der Waals surface area contributed by atoms with E-state index in [-0.39, 0.29) is 26.1 Å². The van der Waals surface area contributed by atoms with Gasteiger partial charge in [0.1, 0.15) is 19.8 Å². The lowest BCUT2D eigenvalue weighted by atomic mass is 10.2. The van der Waals surface area contributed by atoms with Crippen molar-refractivity contribution in [2.75, 3.05) is 47.5 Å². The molecule has 10 heteroatoms. The fourth-order valence-corrected chi connectivity index (χ4v) is 2.42. The molecule has 0 amide bonds. The van der Waals surface area contributed by atoms with Gasteiger partial charge in [-0.1, -0.05) is 6.42 Å². The van der Waals surface area contributed by atoms with E-state index >= 15 is 0 Å². The van der Waals surface area contributed by atoms with Crippen molar-refractivity contribution < 1.29 is 42.1 Å². The number of nitrogens with zero attached hydrogens (tertiary/aromatic N) is 1. The predicted octanol–water partition coefficient (Wildman–Crippen LogP) is 1.90. The largest absolute Gasteiger partial charge is 0.472 e. The highest BCUT2D eigenvalue weighted by Gasteiger charge is 2.26. The Morgan fingerprint density at radius 1 is 1.04 bits per heavy atom. The normalized spacial score (nSPS) is 15.0. The summed E-state index contributed by atoms with van der Waals surface area (Å²) in [6.45, 7) is 6.98. The summed E-state index contributed by atoms with van der Waals surface area (Å²) in [6, 6.07) is 0. The van der Waals surface area contributed by atoms with E-state index in [1.54, 1.807) is 0 Å². The molecule has 9 nitrogen and oxygen atoms in total. The molecule has 0 heterocycles. The molecule has 0 spiro atoms. The lowest BCUT2D eigenvalue weighted by molar-refractivity contribution is -0.870. The Morgan fingerprint density at radius 3 is 2.26 bits per heavy atom. The van der Waals surface area contributed by atoms with Crippen molar-refractivity contribution >= 4 is 19.8 Å². The lowest BCUT2D eigenvalue weighted by Crippen LogP contribution is -2.37. The Balaban J connectivity index is 4.59. The number of ether oxygens (including phenoxy) is 2. The van der Waals surface area contributed by atoms with Crippen molar-refractivity contribution in [3.8, 4) is 0 Å². The third kappa shape index (κ3) is 15.7. The number of hydrogen-bond donors (Lipinski definition) is 1. The number of hydrogen-bond acceptors (Lipinski definition) is 7. The van der Waals surface area contributed by atoms with E-state index in [9.17, 15) is 19.0 Å². The zero-order chi connectivity index (χ0) is 20.9. The van der Waals surface area contributed by atoms with Crippen LogP contribution < -0.4 is 0 Å². The van der Waals surface area contributed by atoms with Gasteiger partial charge in [-0.2, -0.15) is 12.8 Å². The van der Waals surface area contributed by atoms with Crippen LogP contribution in [0.4, 0.5) is 0 Å². The molecule has 160 valence electrons. The van der Waals surface area contributed by atoms with Crippen molar-refractivity contribution in [1.82, 2.24) is 0 Å². The molecular weight excluding hydrogens is 377 g/mol. The van der Waals surface area contributed by atoms with Crippen molar-refractivity contribution in [2.45, 2.75) is 38.2 Å². The van der Waals surface area contributed by atoms with Crippen LogP contribution in [0.3, 0.4) is 0 Å². The first kappa shape index (κ1) is 26.0. The Labute approximate surface area is 162 Å². The summed E-state index contributed by atoms with van der Waals surface area (Å²) in [6.07, 6.45) is 0.730. The van der Waals surface area contributed by atoms with E-state index in [2.05, 4.69) is 13.8 Å². The first-order valence-electron chi connectivity index (χ1n) is 8.85. The molecule has 0 radical (unpaired) electrons. The number of quaternary nitrogens is 1. The predicted molar refractivity (Wildman–Crippen MR) is 99.3 cm³/mol. The van der Waals surface area contributed by atoms with Crippen LogP contribution in [0.1, 0.15) is 32.1 Å². The van der Waals surface area contributed by atoms with E-state index < -0.39 is 32.5 Å². The third-order valence-corrected chi connectivity index (χ3v) is 4.16. The number of unbranched alkanes of at least 4 members (excludes halogenated alkanes) is 1. The molecule has 0 aromatic carbocycles. The van der Waals surface area contributed by atoms with E-state index in [1.165, 1.54) is 0 Å². The Bertz CT molecular complexity index is 492. The van der Waals surface area contributed by atoms with Gasteiger partial charge in [0.25, 0.3) is 0 Å². The molecule has 0 aromatic heterocycles. The number of carbonyl (C=O) groups is 2. The summed E-state index contributed by atoms with van der Waals surface area (Å²) in [5.41, 5.74) is 0. The second-order valence-electron chi connectivity index (χ2n) is 6.97. The van der Waals surface area contributed by atoms with Gasteiger partial charge in [-0.3, -0.25) is 18.6 Å². The van der Waals surface area contributed by atoms with Crippen LogP contribution in [-0.4, -0.2) is 74.9 Å². The van der Waals surface area contributed by atoms with Gasteiger partial charge in [-0.05, 0) is 0 Å². The zero-order valence-electron chi connectivity index (χ0n) is 16.6. The number of rotatable bonds is 15. The number of carbonyl (C=O) groups excluding carboxylic acids is 2. The van der Waals surface area contributed by atoms with Gasteiger partial charge >= 0.3 is 19.8 Å². The van der Waals surface area contributed by atoms with Gasteiger partial charge in [0.05, 0.1) is 27.7 Å². The maximum atomic E-state index is 11.9. The summed E-state index contributed by atoms with van der Waals surface area (Å²) in [7, 11) is 1.41. The summed E-state index contributed by atoms with van der Waals surface area (Å²) in [5, 5.41) is 0. The molecule has 0 bridgehead atoms. The fraction of sp³-hybridized carbons (Fsp3) is 0.765. The van der Waals surface area contributed by atoms with Gasteiger partial charge in [-0.15, -0.1) is 0 Å². The number of phosphoric ester groups is 1. The maximum Gasteiger partial charge on any atom is 0.472 e. The number of esters is 2. The monoisotopic (exact) mass is 410 g/mol. The van der Waals surface area contributed by atoms with Gasteiger partial charge in [0.15, 0.2) is 6.10 Å². The zero-order valence-corrected chi connectivity index (χ0v) is 17.4. The standard InChI is InChI=1S/C17H33NO8P/c1-6-8-10-17(20)26-15(13-23-16(19)9-7-2)14-25-27(21,22)24-12-11-18(3,4)5/h15H,1-2,6-14H2,3-5H3,(H,21,22)/q-1/t15-/m1/s1. The number of likely N-dealkylation sites (N-methyl/N-ethyl adjacent to an activating group) is 1. The van der Waals surface area contributed by atoms with Crippen LogP contribution in [-0.2, 0) is 32.7 Å². The second-order valence-corrected chi connectivity index (χ2v) is 8.42.